The predicted molar refractivity (Wildman–Crippen MR) is 57.6 cm³/mol. The molecule has 0 spiro atoms. The molecule has 0 saturated carbocycles. The van der Waals surface area contributed by atoms with Gasteiger partial charge in [-0.1, -0.05) is 6.07 Å². The zero-order valence-corrected chi connectivity index (χ0v) is 8.63. The van der Waals surface area contributed by atoms with E-state index < -0.39 is 0 Å². The largest absolute Gasteiger partial charge is 0.345 e. The summed E-state index contributed by atoms with van der Waals surface area (Å²) in [5, 5.41) is 2.08. The van der Waals surface area contributed by atoms with Crippen molar-refractivity contribution in [3.8, 4) is 0 Å². The van der Waals surface area contributed by atoms with Crippen molar-refractivity contribution in [1.29, 1.82) is 0 Å². The molecule has 0 aromatic carbocycles. The first-order valence-electron chi connectivity index (χ1n) is 4.13. The van der Waals surface area contributed by atoms with Crippen LogP contribution in [0.2, 0.25) is 0 Å². The highest BCUT2D eigenvalue weighted by atomic mass is 35.5. The zero-order valence-electron chi connectivity index (χ0n) is 7.06. The Morgan fingerprint density at radius 1 is 1.31 bits per heavy atom. The molecular weight excluding hydrogens is 202 g/mol. The Balaban J connectivity index is 2.29. The molecular formula is C10H10ClNS. The van der Waals surface area contributed by atoms with E-state index in [0.29, 0.717) is 5.88 Å². The van der Waals surface area contributed by atoms with E-state index in [2.05, 4.69) is 22.1 Å². The van der Waals surface area contributed by atoms with Crippen molar-refractivity contribution in [2.75, 3.05) is 5.88 Å². The molecule has 0 radical (unpaired) electrons. The van der Waals surface area contributed by atoms with E-state index in [-0.39, 0.29) is 6.04 Å². The molecule has 2 aromatic heterocycles. The third kappa shape index (κ3) is 1.79. The maximum atomic E-state index is 5.94. The lowest BCUT2D eigenvalue weighted by atomic mass is 10.3. The van der Waals surface area contributed by atoms with Crippen LogP contribution in [0.15, 0.2) is 42.0 Å². The minimum atomic E-state index is 0.289. The SMILES string of the molecule is ClC[C@@H](c1cccs1)n1cccc1. The Hall–Kier alpha value is -0.730. The monoisotopic (exact) mass is 211 g/mol. The third-order valence-corrected chi connectivity index (χ3v) is 3.27. The van der Waals surface area contributed by atoms with Gasteiger partial charge in [0, 0.05) is 23.2 Å². The first kappa shape index (κ1) is 8.85. The summed E-state index contributed by atoms with van der Waals surface area (Å²) in [5.74, 6) is 0.620. The fraction of sp³-hybridized carbons (Fsp3) is 0.200. The topological polar surface area (TPSA) is 4.93 Å². The maximum Gasteiger partial charge on any atom is 0.0807 e. The van der Waals surface area contributed by atoms with Gasteiger partial charge in [0.2, 0.25) is 0 Å². The number of hydrogen-bond acceptors (Lipinski definition) is 1. The van der Waals surface area contributed by atoms with Crippen LogP contribution in [0.5, 0.6) is 0 Å². The summed E-state index contributed by atoms with van der Waals surface area (Å²) >= 11 is 7.68. The zero-order chi connectivity index (χ0) is 9.10. The van der Waals surface area contributed by atoms with Crippen molar-refractivity contribution in [3.05, 3.63) is 46.9 Å². The number of nitrogens with zero attached hydrogens (tertiary/aromatic N) is 1. The maximum absolute atomic E-state index is 5.94. The van der Waals surface area contributed by atoms with Gasteiger partial charge in [-0.2, -0.15) is 0 Å². The van der Waals surface area contributed by atoms with Gasteiger partial charge in [-0.15, -0.1) is 22.9 Å². The van der Waals surface area contributed by atoms with Crippen LogP contribution < -0.4 is 0 Å². The van der Waals surface area contributed by atoms with E-state index in [1.807, 2.05) is 24.5 Å². The average Bonchev–Trinajstić information content (AvgIpc) is 2.76. The number of hydrogen-bond donors (Lipinski definition) is 0. The second-order valence-corrected chi connectivity index (χ2v) is 4.10. The van der Waals surface area contributed by atoms with Crippen LogP contribution in [0.1, 0.15) is 10.9 Å². The van der Waals surface area contributed by atoms with Crippen LogP contribution >= 0.6 is 22.9 Å². The molecule has 0 aliphatic heterocycles. The lowest BCUT2D eigenvalue weighted by Gasteiger charge is -2.13. The summed E-state index contributed by atoms with van der Waals surface area (Å²) in [6.07, 6.45) is 4.10. The van der Waals surface area contributed by atoms with Crippen molar-refractivity contribution in [1.82, 2.24) is 4.57 Å². The normalized spacial score (nSPS) is 13.0. The number of aromatic nitrogens is 1. The lowest BCUT2D eigenvalue weighted by Crippen LogP contribution is -2.08. The summed E-state index contributed by atoms with van der Waals surface area (Å²) in [4.78, 5) is 1.31. The van der Waals surface area contributed by atoms with Gasteiger partial charge in [0.25, 0.3) is 0 Å². The number of halogens is 1. The van der Waals surface area contributed by atoms with Crippen LogP contribution in [0.4, 0.5) is 0 Å². The summed E-state index contributed by atoms with van der Waals surface area (Å²) in [6.45, 7) is 0. The van der Waals surface area contributed by atoms with Crippen molar-refractivity contribution in [2.45, 2.75) is 6.04 Å². The van der Waals surface area contributed by atoms with E-state index in [4.69, 9.17) is 11.6 Å². The molecule has 1 nitrogen and oxygen atoms in total. The Morgan fingerprint density at radius 3 is 2.62 bits per heavy atom. The van der Waals surface area contributed by atoms with Gasteiger partial charge in [-0.25, -0.2) is 0 Å². The van der Waals surface area contributed by atoms with Crippen LogP contribution in [-0.4, -0.2) is 10.4 Å². The van der Waals surface area contributed by atoms with Gasteiger partial charge in [-0.3, -0.25) is 0 Å². The van der Waals surface area contributed by atoms with Gasteiger partial charge >= 0.3 is 0 Å². The molecule has 1 atom stereocenters. The minimum absolute atomic E-state index is 0.289. The van der Waals surface area contributed by atoms with E-state index in [0.717, 1.165) is 0 Å². The molecule has 0 saturated heterocycles. The van der Waals surface area contributed by atoms with Gasteiger partial charge in [0.05, 0.1) is 6.04 Å². The Bertz CT molecular complexity index is 305. The molecule has 2 aromatic rings. The molecule has 3 heteroatoms. The molecule has 0 unspecified atom stereocenters. The van der Waals surface area contributed by atoms with Gasteiger partial charge in [0.1, 0.15) is 0 Å². The Labute approximate surface area is 86.6 Å². The van der Waals surface area contributed by atoms with E-state index in [1.165, 1.54) is 4.88 Å². The average molecular weight is 212 g/mol. The number of thiophene rings is 1. The molecule has 13 heavy (non-hydrogen) atoms. The smallest absolute Gasteiger partial charge is 0.0807 e. The van der Waals surface area contributed by atoms with Crippen molar-refractivity contribution in [2.24, 2.45) is 0 Å². The number of alkyl halides is 1. The molecule has 0 bridgehead atoms. The number of rotatable bonds is 3. The lowest BCUT2D eigenvalue weighted by molar-refractivity contribution is 0.661. The molecule has 0 aliphatic carbocycles. The summed E-state index contributed by atoms with van der Waals surface area (Å²) < 4.78 is 2.14. The highest BCUT2D eigenvalue weighted by molar-refractivity contribution is 7.10. The Morgan fingerprint density at radius 2 is 2.08 bits per heavy atom. The molecule has 0 N–H and O–H groups in total. The van der Waals surface area contributed by atoms with Crippen LogP contribution in [0, 0.1) is 0 Å². The van der Waals surface area contributed by atoms with Gasteiger partial charge < -0.3 is 4.57 Å². The van der Waals surface area contributed by atoms with Gasteiger partial charge in [0.15, 0.2) is 0 Å². The first-order valence-corrected chi connectivity index (χ1v) is 5.55. The standard InChI is InChI=1S/C10H10ClNS/c11-8-9(10-4-3-7-13-10)12-5-1-2-6-12/h1-7,9H,8H2/t9-/m0/s1. The molecule has 0 aliphatic rings. The molecule has 2 heterocycles. The molecule has 0 amide bonds. The fourth-order valence-electron chi connectivity index (χ4n) is 1.34. The van der Waals surface area contributed by atoms with E-state index in [9.17, 15) is 0 Å². The van der Waals surface area contributed by atoms with Crippen molar-refractivity contribution < 1.29 is 0 Å². The first-order chi connectivity index (χ1) is 6.42. The molecule has 68 valence electrons. The van der Waals surface area contributed by atoms with Crippen LogP contribution in [0.3, 0.4) is 0 Å². The second kappa shape index (κ2) is 3.99. The van der Waals surface area contributed by atoms with E-state index in [1.54, 1.807) is 11.3 Å². The fourth-order valence-corrected chi connectivity index (χ4v) is 2.59. The summed E-state index contributed by atoms with van der Waals surface area (Å²) in [7, 11) is 0. The molecule has 2 rings (SSSR count). The highest BCUT2D eigenvalue weighted by Gasteiger charge is 2.11. The minimum Gasteiger partial charge on any atom is -0.345 e. The predicted octanol–water partition coefficient (Wildman–Crippen LogP) is 3.38. The third-order valence-electron chi connectivity index (χ3n) is 2.01. The van der Waals surface area contributed by atoms with Crippen molar-refractivity contribution in [3.63, 3.8) is 0 Å². The second-order valence-electron chi connectivity index (χ2n) is 2.82. The van der Waals surface area contributed by atoms with Crippen LogP contribution in [-0.2, 0) is 0 Å². The van der Waals surface area contributed by atoms with Crippen LogP contribution in [0.25, 0.3) is 0 Å². The summed E-state index contributed by atoms with van der Waals surface area (Å²) in [5.41, 5.74) is 0. The Kier molecular flexibility index (Phi) is 2.71. The highest BCUT2D eigenvalue weighted by Crippen LogP contribution is 2.24. The van der Waals surface area contributed by atoms with Crippen molar-refractivity contribution >= 4 is 22.9 Å². The van der Waals surface area contributed by atoms with Gasteiger partial charge in [-0.05, 0) is 23.6 Å². The van der Waals surface area contributed by atoms with E-state index >= 15 is 0 Å². The summed E-state index contributed by atoms with van der Waals surface area (Å²) in [6, 6.07) is 8.51. The quantitative estimate of drug-likeness (QED) is 0.686. The molecule has 0 fully saturated rings.